The molecule has 0 amide bonds. The van der Waals surface area contributed by atoms with Crippen LogP contribution in [0.4, 0.5) is 0 Å². The molecule has 1 atom stereocenters. The Hall–Kier alpha value is -1.55. The fraction of sp³-hybridized carbons (Fsp3) is 0.294. The smallest absolute Gasteiger partial charge is 0.120 e. The van der Waals surface area contributed by atoms with E-state index in [0.717, 1.165) is 16.9 Å². The van der Waals surface area contributed by atoms with Crippen molar-refractivity contribution in [3.8, 4) is 5.75 Å². The van der Waals surface area contributed by atoms with Crippen LogP contribution in [0.2, 0.25) is 5.02 Å². The van der Waals surface area contributed by atoms with Crippen molar-refractivity contribution in [1.29, 1.82) is 0 Å². The van der Waals surface area contributed by atoms with Crippen molar-refractivity contribution in [2.75, 3.05) is 6.54 Å². The third kappa shape index (κ3) is 5.38. The van der Waals surface area contributed by atoms with E-state index in [2.05, 4.69) is 5.32 Å². The van der Waals surface area contributed by atoms with Crippen molar-refractivity contribution in [1.82, 2.24) is 5.32 Å². The van der Waals surface area contributed by atoms with E-state index in [1.165, 1.54) is 0 Å². The van der Waals surface area contributed by atoms with Gasteiger partial charge in [-0.2, -0.15) is 0 Å². The summed E-state index contributed by atoms with van der Waals surface area (Å²) < 4.78 is 5.78. The molecule has 0 radical (unpaired) electrons. The third-order valence-electron chi connectivity index (χ3n) is 3.02. The number of hydrogen-bond donors (Lipinski definition) is 2. The monoisotopic (exact) mass is 305 g/mol. The van der Waals surface area contributed by atoms with Crippen LogP contribution >= 0.6 is 11.6 Å². The van der Waals surface area contributed by atoms with Crippen molar-refractivity contribution in [2.24, 2.45) is 0 Å². The summed E-state index contributed by atoms with van der Waals surface area (Å²) in [6.45, 7) is 3.49. The number of aliphatic hydroxyl groups excluding tert-OH is 1. The van der Waals surface area contributed by atoms with E-state index in [-0.39, 0.29) is 6.10 Å². The van der Waals surface area contributed by atoms with Gasteiger partial charge in [0, 0.05) is 23.7 Å². The van der Waals surface area contributed by atoms with E-state index in [9.17, 15) is 5.11 Å². The highest BCUT2D eigenvalue weighted by Crippen LogP contribution is 2.19. The maximum atomic E-state index is 9.22. The van der Waals surface area contributed by atoms with E-state index in [4.69, 9.17) is 16.3 Å². The number of ether oxygens (including phenoxy) is 1. The molecule has 0 aliphatic carbocycles. The molecule has 2 N–H and O–H groups in total. The minimum atomic E-state index is -0.343. The van der Waals surface area contributed by atoms with Gasteiger partial charge in [-0.15, -0.1) is 0 Å². The van der Waals surface area contributed by atoms with E-state index >= 15 is 0 Å². The molecule has 4 heteroatoms. The highest BCUT2D eigenvalue weighted by Gasteiger charge is 2.02. The van der Waals surface area contributed by atoms with Crippen molar-refractivity contribution in [2.45, 2.75) is 26.2 Å². The largest absolute Gasteiger partial charge is 0.489 e. The summed E-state index contributed by atoms with van der Waals surface area (Å²) in [5.41, 5.74) is 2.09. The summed E-state index contributed by atoms with van der Waals surface area (Å²) in [4.78, 5) is 0. The molecule has 2 aromatic rings. The molecule has 0 fully saturated rings. The van der Waals surface area contributed by atoms with Crippen LogP contribution in [0.3, 0.4) is 0 Å². The molecule has 3 nitrogen and oxygen atoms in total. The average Bonchev–Trinajstić information content (AvgIpc) is 2.46. The molecule has 0 aromatic heterocycles. The molecule has 0 aliphatic rings. The number of nitrogens with one attached hydrogen (secondary N) is 1. The molecule has 2 aromatic carbocycles. The Bertz CT molecular complexity index is 572. The average molecular weight is 306 g/mol. The molecule has 0 unspecified atom stereocenters. The third-order valence-corrected chi connectivity index (χ3v) is 3.39. The normalized spacial score (nSPS) is 12.1. The van der Waals surface area contributed by atoms with Crippen molar-refractivity contribution in [3.63, 3.8) is 0 Å². The van der Waals surface area contributed by atoms with E-state index in [0.29, 0.717) is 24.7 Å². The second kappa shape index (κ2) is 8.03. The molecular formula is C17H20ClNO2. The number of hydrogen-bond acceptors (Lipinski definition) is 3. The fourth-order valence-electron chi connectivity index (χ4n) is 1.95. The Morgan fingerprint density at radius 1 is 1.19 bits per heavy atom. The van der Waals surface area contributed by atoms with Gasteiger partial charge in [0.1, 0.15) is 12.4 Å². The van der Waals surface area contributed by atoms with Crippen molar-refractivity contribution in [3.05, 3.63) is 64.7 Å². The van der Waals surface area contributed by atoms with Crippen LogP contribution in [0.5, 0.6) is 5.75 Å². The number of rotatable bonds is 7. The quantitative estimate of drug-likeness (QED) is 0.824. The van der Waals surface area contributed by atoms with Gasteiger partial charge in [-0.05, 0) is 30.7 Å². The van der Waals surface area contributed by atoms with Gasteiger partial charge in [0.25, 0.3) is 0 Å². The highest BCUT2D eigenvalue weighted by atomic mass is 35.5. The predicted octanol–water partition coefficient (Wildman–Crippen LogP) is 3.39. The summed E-state index contributed by atoms with van der Waals surface area (Å²) in [7, 11) is 0. The number of halogens is 1. The maximum absolute atomic E-state index is 9.22. The Labute approximate surface area is 130 Å². The first kappa shape index (κ1) is 15.8. The summed E-state index contributed by atoms with van der Waals surface area (Å²) in [5, 5.41) is 13.1. The van der Waals surface area contributed by atoms with Gasteiger partial charge in [-0.3, -0.25) is 0 Å². The Morgan fingerprint density at radius 3 is 2.76 bits per heavy atom. The Balaban J connectivity index is 1.90. The number of benzene rings is 2. The molecule has 0 spiro atoms. The van der Waals surface area contributed by atoms with Crippen molar-refractivity contribution < 1.29 is 9.84 Å². The Morgan fingerprint density at radius 2 is 2.00 bits per heavy atom. The molecule has 2 rings (SSSR count). The topological polar surface area (TPSA) is 41.5 Å². The molecule has 0 bridgehead atoms. The lowest BCUT2D eigenvalue weighted by Crippen LogP contribution is -2.23. The van der Waals surface area contributed by atoms with Gasteiger partial charge in [-0.25, -0.2) is 0 Å². The van der Waals surface area contributed by atoms with Gasteiger partial charge in [0.2, 0.25) is 0 Å². The molecular weight excluding hydrogens is 286 g/mol. The van der Waals surface area contributed by atoms with E-state index in [1.54, 1.807) is 6.92 Å². The second-order valence-corrected chi connectivity index (χ2v) is 5.41. The fourth-order valence-corrected chi connectivity index (χ4v) is 2.14. The van der Waals surface area contributed by atoms with Crippen LogP contribution in [-0.4, -0.2) is 17.8 Å². The molecule has 112 valence electrons. The molecule has 0 saturated carbocycles. The lowest BCUT2D eigenvalue weighted by molar-refractivity contribution is 0.191. The zero-order valence-electron chi connectivity index (χ0n) is 12.1. The summed E-state index contributed by atoms with van der Waals surface area (Å²) >= 11 is 6.11. The zero-order chi connectivity index (χ0) is 15.1. The lowest BCUT2D eigenvalue weighted by atomic mass is 10.2. The molecule has 0 heterocycles. The zero-order valence-corrected chi connectivity index (χ0v) is 12.8. The minimum Gasteiger partial charge on any atom is -0.489 e. The van der Waals surface area contributed by atoms with E-state index < -0.39 is 0 Å². The first-order valence-electron chi connectivity index (χ1n) is 6.99. The molecule has 0 aliphatic heterocycles. The second-order valence-electron chi connectivity index (χ2n) is 5.01. The summed E-state index contributed by atoms with van der Waals surface area (Å²) in [5.74, 6) is 0.811. The lowest BCUT2D eigenvalue weighted by Gasteiger charge is -2.10. The van der Waals surface area contributed by atoms with Crippen LogP contribution in [0.1, 0.15) is 18.1 Å². The standard InChI is InChI=1S/C17H20ClNO2/c1-13(20)10-19-11-14-5-4-7-16(9-14)21-12-15-6-2-3-8-17(15)18/h2-9,13,19-20H,10-12H2,1H3/t13-/m0/s1. The van der Waals surface area contributed by atoms with Crippen LogP contribution in [0, 0.1) is 0 Å². The van der Waals surface area contributed by atoms with E-state index in [1.807, 2.05) is 48.5 Å². The van der Waals surface area contributed by atoms with Gasteiger partial charge in [0.05, 0.1) is 6.10 Å². The van der Waals surface area contributed by atoms with Crippen LogP contribution < -0.4 is 10.1 Å². The SMILES string of the molecule is C[C@H](O)CNCc1cccc(OCc2ccccc2Cl)c1. The first-order valence-corrected chi connectivity index (χ1v) is 7.37. The minimum absolute atomic E-state index is 0.343. The van der Waals surface area contributed by atoms with Gasteiger partial charge in [-0.1, -0.05) is 41.9 Å². The van der Waals surface area contributed by atoms with Gasteiger partial charge in [0.15, 0.2) is 0 Å². The Kier molecular flexibility index (Phi) is 6.05. The van der Waals surface area contributed by atoms with Crippen LogP contribution in [0.15, 0.2) is 48.5 Å². The van der Waals surface area contributed by atoms with Crippen LogP contribution in [0.25, 0.3) is 0 Å². The number of aliphatic hydroxyl groups is 1. The first-order chi connectivity index (χ1) is 10.1. The van der Waals surface area contributed by atoms with Gasteiger partial charge >= 0.3 is 0 Å². The van der Waals surface area contributed by atoms with Gasteiger partial charge < -0.3 is 15.2 Å². The summed E-state index contributed by atoms with van der Waals surface area (Å²) in [6.07, 6.45) is -0.343. The molecule has 21 heavy (non-hydrogen) atoms. The maximum Gasteiger partial charge on any atom is 0.120 e. The molecule has 0 saturated heterocycles. The highest BCUT2D eigenvalue weighted by molar-refractivity contribution is 6.31. The summed E-state index contributed by atoms with van der Waals surface area (Å²) in [6, 6.07) is 15.6. The van der Waals surface area contributed by atoms with Crippen molar-refractivity contribution >= 4 is 11.6 Å². The predicted molar refractivity (Wildman–Crippen MR) is 85.6 cm³/mol. The van der Waals surface area contributed by atoms with Crippen LogP contribution in [-0.2, 0) is 13.2 Å².